The molecule has 0 bridgehead atoms. The van der Waals surface area contributed by atoms with E-state index in [1.807, 2.05) is 37.3 Å². The van der Waals surface area contributed by atoms with Crippen molar-refractivity contribution in [2.24, 2.45) is 0 Å². The molecule has 2 aliphatic rings. The van der Waals surface area contributed by atoms with Gasteiger partial charge in [-0.15, -0.1) is 0 Å². The van der Waals surface area contributed by atoms with Crippen molar-refractivity contribution in [3.63, 3.8) is 0 Å². The second kappa shape index (κ2) is 5.06. The first-order valence-electron chi connectivity index (χ1n) is 7.67. The summed E-state index contributed by atoms with van der Waals surface area (Å²) in [6, 6.07) is 20.5. The minimum absolute atomic E-state index is 0.537. The summed E-state index contributed by atoms with van der Waals surface area (Å²) >= 11 is 0. The number of fused-ring (bicyclic) bond motifs is 2. The van der Waals surface area contributed by atoms with Gasteiger partial charge in [-0.05, 0) is 61.4 Å². The van der Waals surface area contributed by atoms with E-state index < -0.39 is 0 Å². The van der Waals surface area contributed by atoms with Gasteiger partial charge in [0.2, 0.25) is 0 Å². The number of aryl methyl sites for hydroxylation is 2. The maximum absolute atomic E-state index is 8.16. The number of benzene rings is 3. The predicted octanol–water partition coefficient (Wildman–Crippen LogP) is 4.23. The molecule has 23 heavy (non-hydrogen) atoms. The van der Waals surface area contributed by atoms with Crippen molar-refractivity contribution < 1.29 is 0 Å². The van der Waals surface area contributed by atoms with E-state index in [0.29, 0.717) is 5.36 Å². The van der Waals surface area contributed by atoms with Gasteiger partial charge in [-0.3, -0.25) is 0 Å². The van der Waals surface area contributed by atoms with Crippen LogP contribution in [0.4, 0.5) is 0 Å². The molecule has 0 saturated carbocycles. The molecule has 1 aliphatic carbocycles. The molecular formula is C20H17N3. The first kappa shape index (κ1) is 13.7. The number of nitrogens with zero attached hydrogens (tertiary/aromatic N) is 2. The highest BCUT2D eigenvalue weighted by atomic mass is 15.0. The summed E-state index contributed by atoms with van der Waals surface area (Å²) < 4.78 is 2.19. The van der Waals surface area contributed by atoms with Crippen LogP contribution in [0.3, 0.4) is 0 Å². The summed E-state index contributed by atoms with van der Waals surface area (Å²) in [5.74, 6) is 0. The van der Waals surface area contributed by atoms with E-state index in [2.05, 4.69) is 41.8 Å². The van der Waals surface area contributed by atoms with Crippen LogP contribution in [0, 0.1) is 19.3 Å². The van der Waals surface area contributed by atoms with Crippen LogP contribution in [0.25, 0.3) is 28.1 Å². The lowest BCUT2D eigenvalue weighted by Gasteiger charge is -2.19. The Hall–Kier alpha value is -2.94. The summed E-state index contributed by atoms with van der Waals surface area (Å²) in [5.41, 5.74) is 7.12. The van der Waals surface area contributed by atoms with Gasteiger partial charge in [-0.25, -0.2) is 4.98 Å². The van der Waals surface area contributed by atoms with Gasteiger partial charge in [0.25, 0.3) is 0 Å². The number of hydrogen-bond donors (Lipinski definition) is 1. The molecule has 3 nitrogen and oxygen atoms in total. The second-order valence-electron chi connectivity index (χ2n) is 5.93. The average Bonchev–Trinajstić information content (AvgIpc) is 2.55. The van der Waals surface area contributed by atoms with Gasteiger partial charge < -0.3 is 9.98 Å². The molecule has 3 heteroatoms. The van der Waals surface area contributed by atoms with Gasteiger partial charge in [-0.2, -0.15) is 0 Å². The maximum atomic E-state index is 8.16. The van der Waals surface area contributed by atoms with Gasteiger partial charge in [0.05, 0.1) is 27.8 Å². The molecule has 0 fully saturated rings. The topological polar surface area (TPSA) is 41.7 Å². The first-order valence-corrected chi connectivity index (χ1v) is 7.67. The van der Waals surface area contributed by atoms with Crippen LogP contribution in [0.1, 0.15) is 11.1 Å². The standard InChI is InChI=1S/C20H17N3/c1-13-8-9-19-17(10-13)22-18-11-14(2)16(21)12-20(18)23(19)15-6-4-3-5-7-15/h3-12,21H,1-2H3. The van der Waals surface area contributed by atoms with Crippen molar-refractivity contribution in [3.8, 4) is 17.1 Å². The molecule has 2 aromatic carbocycles. The zero-order valence-electron chi connectivity index (χ0n) is 13.2. The number of para-hydroxylation sites is 1. The molecule has 0 unspecified atom stereocenters. The molecule has 112 valence electrons. The lowest BCUT2D eigenvalue weighted by atomic mass is 10.1. The van der Waals surface area contributed by atoms with Crippen molar-refractivity contribution >= 4 is 11.0 Å². The molecular weight excluding hydrogens is 282 g/mol. The smallest absolute Gasteiger partial charge is 0.0882 e. The van der Waals surface area contributed by atoms with Crippen LogP contribution in [0.2, 0.25) is 0 Å². The van der Waals surface area contributed by atoms with E-state index in [1.54, 1.807) is 0 Å². The van der Waals surface area contributed by atoms with Crippen molar-refractivity contribution in [2.75, 3.05) is 0 Å². The fraction of sp³-hybridized carbons (Fsp3) is 0.100. The average molecular weight is 299 g/mol. The minimum Gasteiger partial charge on any atom is -0.306 e. The Morgan fingerprint density at radius 3 is 2.48 bits per heavy atom. The van der Waals surface area contributed by atoms with Crippen LogP contribution in [-0.4, -0.2) is 9.55 Å². The molecule has 4 rings (SSSR count). The van der Waals surface area contributed by atoms with E-state index in [4.69, 9.17) is 10.4 Å². The van der Waals surface area contributed by atoms with E-state index in [9.17, 15) is 0 Å². The number of hydrogen-bond acceptors (Lipinski definition) is 2. The summed E-state index contributed by atoms with van der Waals surface area (Å²) in [6.07, 6.45) is 0. The Labute approximate surface area is 134 Å². The van der Waals surface area contributed by atoms with E-state index in [1.165, 1.54) is 5.56 Å². The third-order valence-corrected chi connectivity index (χ3v) is 4.19. The maximum Gasteiger partial charge on any atom is 0.0882 e. The van der Waals surface area contributed by atoms with Crippen molar-refractivity contribution in [2.45, 2.75) is 13.8 Å². The molecule has 0 amide bonds. The molecule has 2 aromatic rings. The van der Waals surface area contributed by atoms with Crippen LogP contribution in [0.15, 0.2) is 60.7 Å². The zero-order chi connectivity index (χ0) is 16.0. The number of rotatable bonds is 1. The Bertz CT molecular complexity index is 1050. The highest BCUT2D eigenvalue weighted by Crippen LogP contribution is 2.28. The lowest BCUT2D eigenvalue weighted by molar-refractivity contribution is 1.06. The Morgan fingerprint density at radius 1 is 0.913 bits per heavy atom. The molecule has 1 N–H and O–H groups in total. The fourth-order valence-corrected chi connectivity index (χ4v) is 2.98. The van der Waals surface area contributed by atoms with E-state index in [0.717, 1.165) is 33.7 Å². The highest BCUT2D eigenvalue weighted by Gasteiger charge is 2.14. The van der Waals surface area contributed by atoms with E-state index in [-0.39, 0.29) is 0 Å². The normalized spacial score (nSPS) is 11.2. The summed E-state index contributed by atoms with van der Waals surface area (Å²) in [7, 11) is 0. The minimum atomic E-state index is 0.537. The van der Waals surface area contributed by atoms with E-state index >= 15 is 0 Å². The van der Waals surface area contributed by atoms with Crippen molar-refractivity contribution in [1.29, 1.82) is 5.41 Å². The first-order chi connectivity index (χ1) is 11.1. The molecule has 0 spiro atoms. The summed E-state index contributed by atoms with van der Waals surface area (Å²) in [4.78, 5) is 4.82. The SMILES string of the molecule is Cc1ccc2c(c1)nc1cc(C)c(=N)cc-1n2-c1ccccc1. The Balaban J connectivity index is 2.23. The molecule has 0 saturated heterocycles. The molecule has 1 aliphatic heterocycles. The van der Waals surface area contributed by atoms with Crippen LogP contribution in [0.5, 0.6) is 0 Å². The summed E-state index contributed by atoms with van der Waals surface area (Å²) in [5, 5.41) is 8.70. The predicted molar refractivity (Wildman–Crippen MR) is 93.0 cm³/mol. The van der Waals surface area contributed by atoms with Crippen molar-refractivity contribution in [1.82, 2.24) is 9.55 Å². The second-order valence-corrected chi connectivity index (χ2v) is 5.93. The van der Waals surface area contributed by atoms with Gasteiger partial charge in [0.15, 0.2) is 0 Å². The van der Waals surface area contributed by atoms with Gasteiger partial charge >= 0.3 is 0 Å². The van der Waals surface area contributed by atoms with Crippen molar-refractivity contribution in [3.05, 3.63) is 77.1 Å². The van der Waals surface area contributed by atoms with Crippen LogP contribution < -0.4 is 5.36 Å². The molecule has 1 heterocycles. The van der Waals surface area contributed by atoms with Gasteiger partial charge in [0, 0.05) is 5.69 Å². The van der Waals surface area contributed by atoms with Gasteiger partial charge in [0.1, 0.15) is 0 Å². The van der Waals surface area contributed by atoms with Gasteiger partial charge in [-0.1, -0.05) is 24.3 Å². The third-order valence-electron chi connectivity index (χ3n) is 4.19. The van der Waals surface area contributed by atoms with Crippen LogP contribution >= 0.6 is 0 Å². The third kappa shape index (κ3) is 2.21. The molecule has 0 atom stereocenters. The monoisotopic (exact) mass is 299 g/mol. The molecule has 0 radical (unpaired) electrons. The number of aromatic nitrogens is 2. The summed E-state index contributed by atoms with van der Waals surface area (Å²) in [6.45, 7) is 4.03. The fourth-order valence-electron chi connectivity index (χ4n) is 2.98. The quantitative estimate of drug-likeness (QED) is 0.525. The zero-order valence-corrected chi connectivity index (χ0v) is 13.2. The number of nitrogens with one attached hydrogen (secondary N) is 1. The Morgan fingerprint density at radius 2 is 1.70 bits per heavy atom. The Kier molecular flexibility index (Phi) is 3.01. The van der Waals surface area contributed by atoms with Crippen LogP contribution in [-0.2, 0) is 0 Å². The lowest BCUT2D eigenvalue weighted by Crippen LogP contribution is -2.12. The largest absolute Gasteiger partial charge is 0.306 e. The highest BCUT2D eigenvalue weighted by molar-refractivity contribution is 5.83. The molecule has 0 aromatic heterocycles.